The summed E-state index contributed by atoms with van der Waals surface area (Å²) in [6.07, 6.45) is 2.76. The SMILES string of the molecule is CCOC(=O)[C@@H](C[C@H](CB(C)O)Cc1ccc(-c2cc(Cl)ccc2F)cc1)CN1CC[C@H]1CO. The Morgan fingerprint density at radius 1 is 1.29 bits per heavy atom. The van der Waals surface area contributed by atoms with Crippen LogP contribution in [0.1, 0.15) is 25.3 Å². The van der Waals surface area contributed by atoms with Crippen molar-refractivity contribution < 1.29 is 24.1 Å². The number of aliphatic hydroxyl groups is 1. The van der Waals surface area contributed by atoms with Gasteiger partial charge in [0.2, 0.25) is 0 Å². The molecule has 3 rings (SSSR count). The lowest BCUT2D eigenvalue weighted by Crippen LogP contribution is -2.52. The van der Waals surface area contributed by atoms with Crippen LogP contribution in [0.15, 0.2) is 42.5 Å². The predicted molar refractivity (Wildman–Crippen MR) is 134 cm³/mol. The molecule has 1 aliphatic heterocycles. The molecule has 1 heterocycles. The fraction of sp³-hybridized carbons (Fsp3) is 0.500. The minimum atomic E-state index is -0.498. The van der Waals surface area contributed by atoms with E-state index < -0.39 is 6.92 Å². The van der Waals surface area contributed by atoms with E-state index in [0.29, 0.717) is 42.9 Å². The number of nitrogens with zero attached hydrogens (tertiary/aromatic N) is 1. The first-order valence-corrected chi connectivity index (χ1v) is 12.4. The molecule has 0 aliphatic carbocycles. The van der Waals surface area contributed by atoms with E-state index in [1.54, 1.807) is 19.8 Å². The van der Waals surface area contributed by atoms with E-state index in [9.17, 15) is 19.3 Å². The van der Waals surface area contributed by atoms with Gasteiger partial charge in [0.1, 0.15) is 5.82 Å². The van der Waals surface area contributed by atoms with Crippen LogP contribution in [-0.2, 0) is 16.0 Å². The lowest BCUT2D eigenvalue weighted by atomic mass is 9.62. The lowest BCUT2D eigenvalue weighted by molar-refractivity contribution is -0.150. The molecule has 2 N–H and O–H groups in total. The molecule has 34 heavy (non-hydrogen) atoms. The number of aliphatic hydroxyl groups excluding tert-OH is 1. The smallest absolute Gasteiger partial charge is 0.310 e. The molecule has 1 fully saturated rings. The lowest BCUT2D eigenvalue weighted by Gasteiger charge is -2.41. The quantitative estimate of drug-likeness (QED) is 0.338. The van der Waals surface area contributed by atoms with E-state index in [4.69, 9.17) is 16.3 Å². The Balaban J connectivity index is 1.73. The predicted octanol–water partition coefficient (Wildman–Crippen LogP) is 4.55. The van der Waals surface area contributed by atoms with Crippen molar-refractivity contribution in [2.24, 2.45) is 11.8 Å². The Hall–Kier alpha value is -1.93. The van der Waals surface area contributed by atoms with Crippen molar-refractivity contribution in [3.05, 3.63) is 58.9 Å². The number of carbonyl (C=O) groups excluding carboxylic acids is 1. The van der Waals surface area contributed by atoms with E-state index in [1.165, 1.54) is 12.1 Å². The van der Waals surface area contributed by atoms with Crippen LogP contribution < -0.4 is 0 Å². The normalized spacial score (nSPS) is 17.6. The van der Waals surface area contributed by atoms with Gasteiger partial charge in [-0.05, 0) is 67.8 Å². The number of hydrogen-bond donors (Lipinski definition) is 2. The molecule has 0 amide bonds. The molecule has 5 nitrogen and oxygen atoms in total. The van der Waals surface area contributed by atoms with Crippen LogP contribution in [0.2, 0.25) is 18.2 Å². The zero-order valence-electron chi connectivity index (χ0n) is 19.9. The van der Waals surface area contributed by atoms with Crippen molar-refractivity contribution >= 4 is 24.5 Å². The Morgan fingerprint density at radius 2 is 2.03 bits per heavy atom. The third kappa shape index (κ3) is 7.29. The molecular formula is C26H34BClFNO4. The maximum Gasteiger partial charge on any atom is 0.310 e. The van der Waals surface area contributed by atoms with Crippen LogP contribution in [0, 0.1) is 17.7 Å². The highest BCUT2D eigenvalue weighted by atomic mass is 35.5. The van der Waals surface area contributed by atoms with E-state index in [0.717, 1.165) is 24.1 Å². The van der Waals surface area contributed by atoms with Crippen LogP contribution in [0.4, 0.5) is 4.39 Å². The van der Waals surface area contributed by atoms with Crippen molar-refractivity contribution in [1.82, 2.24) is 4.90 Å². The first-order valence-electron chi connectivity index (χ1n) is 12.0. The van der Waals surface area contributed by atoms with Crippen molar-refractivity contribution in [3.63, 3.8) is 0 Å². The van der Waals surface area contributed by atoms with Crippen molar-refractivity contribution in [2.45, 2.75) is 45.4 Å². The first-order chi connectivity index (χ1) is 16.3. The van der Waals surface area contributed by atoms with E-state index >= 15 is 0 Å². The number of ether oxygens (including phenoxy) is 1. The number of halogens is 2. The zero-order chi connectivity index (χ0) is 24.7. The van der Waals surface area contributed by atoms with Gasteiger partial charge >= 0.3 is 5.97 Å². The van der Waals surface area contributed by atoms with Gasteiger partial charge in [0.25, 0.3) is 6.92 Å². The van der Waals surface area contributed by atoms with Gasteiger partial charge in [-0.2, -0.15) is 0 Å². The van der Waals surface area contributed by atoms with Crippen molar-refractivity contribution in [2.75, 3.05) is 26.3 Å². The Labute approximate surface area is 207 Å². The summed E-state index contributed by atoms with van der Waals surface area (Å²) < 4.78 is 19.6. The molecule has 2 aromatic rings. The standard InChI is InChI=1S/C26H34BClFNO4/c1-3-34-26(32)21(16-30-11-10-23(30)17-31)13-19(15-27(2)33)12-18-4-6-20(7-5-18)24-14-22(28)8-9-25(24)29/h4-9,14,19,21,23,31,33H,3,10-13,15-17H2,1-2H3/t19-,21+,23+/m1/s1. The summed E-state index contributed by atoms with van der Waals surface area (Å²) in [7, 11) is 0. The summed E-state index contributed by atoms with van der Waals surface area (Å²) in [4.78, 5) is 14.9. The second-order valence-corrected chi connectivity index (χ2v) is 9.72. The fourth-order valence-corrected chi connectivity index (χ4v) is 4.92. The van der Waals surface area contributed by atoms with Gasteiger partial charge in [0.15, 0.2) is 0 Å². The summed E-state index contributed by atoms with van der Waals surface area (Å²) in [6, 6.07) is 12.3. The van der Waals surface area contributed by atoms with Crippen LogP contribution in [0.25, 0.3) is 11.1 Å². The van der Waals surface area contributed by atoms with Crippen LogP contribution in [0.3, 0.4) is 0 Å². The molecule has 0 saturated carbocycles. The molecule has 0 unspecified atom stereocenters. The van der Waals surface area contributed by atoms with E-state index in [2.05, 4.69) is 4.90 Å². The summed E-state index contributed by atoms with van der Waals surface area (Å²) in [5.41, 5.74) is 2.25. The molecule has 8 heteroatoms. The molecule has 0 aromatic heterocycles. The van der Waals surface area contributed by atoms with Gasteiger partial charge in [-0.3, -0.25) is 9.69 Å². The fourth-order valence-electron chi connectivity index (χ4n) is 4.75. The largest absolute Gasteiger partial charge is 0.466 e. The first kappa shape index (κ1) is 26.7. The van der Waals surface area contributed by atoms with Crippen molar-refractivity contribution in [1.29, 1.82) is 0 Å². The molecule has 0 bridgehead atoms. The zero-order valence-corrected chi connectivity index (χ0v) is 20.7. The number of benzene rings is 2. The van der Waals surface area contributed by atoms with Gasteiger partial charge in [-0.25, -0.2) is 4.39 Å². The number of hydrogen-bond acceptors (Lipinski definition) is 5. The highest BCUT2D eigenvalue weighted by Gasteiger charge is 2.34. The maximum atomic E-state index is 14.2. The number of carbonyl (C=O) groups is 1. The monoisotopic (exact) mass is 489 g/mol. The van der Waals surface area contributed by atoms with Gasteiger partial charge in [-0.1, -0.05) is 42.7 Å². The minimum Gasteiger partial charge on any atom is -0.466 e. The summed E-state index contributed by atoms with van der Waals surface area (Å²) >= 11 is 6.04. The number of likely N-dealkylation sites (tertiary alicyclic amines) is 1. The third-order valence-corrected chi connectivity index (χ3v) is 6.80. The van der Waals surface area contributed by atoms with Gasteiger partial charge in [0, 0.05) is 29.7 Å². The highest BCUT2D eigenvalue weighted by Crippen LogP contribution is 2.29. The topological polar surface area (TPSA) is 70.0 Å². The van der Waals surface area contributed by atoms with Crippen LogP contribution in [0.5, 0.6) is 0 Å². The maximum absolute atomic E-state index is 14.2. The van der Waals surface area contributed by atoms with Crippen LogP contribution in [-0.4, -0.2) is 60.3 Å². The third-order valence-electron chi connectivity index (χ3n) is 6.56. The highest BCUT2D eigenvalue weighted by molar-refractivity contribution is 6.48. The van der Waals surface area contributed by atoms with E-state index in [1.807, 2.05) is 24.3 Å². The van der Waals surface area contributed by atoms with Gasteiger partial charge in [0.05, 0.1) is 19.1 Å². The van der Waals surface area contributed by atoms with Gasteiger partial charge < -0.3 is 14.9 Å². The Bertz CT molecular complexity index is 941. The molecule has 1 saturated heterocycles. The van der Waals surface area contributed by atoms with E-state index in [-0.39, 0.29) is 36.3 Å². The molecule has 1 aliphatic rings. The second kappa shape index (κ2) is 12.7. The van der Waals surface area contributed by atoms with Crippen molar-refractivity contribution in [3.8, 4) is 11.1 Å². The molecular weight excluding hydrogens is 456 g/mol. The molecule has 184 valence electrons. The van der Waals surface area contributed by atoms with Crippen LogP contribution >= 0.6 is 11.6 Å². The molecule has 3 atom stereocenters. The average Bonchev–Trinajstić information content (AvgIpc) is 2.78. The average molecular weight is 490 g/mol. The Kier molecular flexibility index (Phi) is 9.95. The second-order valence-electron chi connectivity index (χ2n) is 9.28. The summed E-state index contributed by atoms with van der Waals surface area (Å²) in [5, 5.41) is 20.1. The minimum absolute atomic E-state index is 0.0667. The molecule has 0 spiro atoms. The molecule has 2 aromatic carbocycles. The Morgan fingerprint density at radius 3 is 2.62 bits per heavy atom. The number of rotatable bonds is 12. The molecule has 0 radical (unpaired) electrons. The summed E-state index contributed by atoms with van der Waals surface area (Å²) in [5.74, 6) is -0.808. The number of esters is 1. The van der Waals surface area contributed by atoms with Gasteiger partial charge in [-0.15, -0.1) is 0 Å². The summed E-state index contributed by atoms with van der Waals surface area (Å²) in [6.45, 7) is 4.88.